The van der Waals surface area contributed by atoms with E-state index in [1.165, 1.54) is 35.2 Å². The van der Waals surface area contributed by atoms with Crippen LogP contribution < -0.4 is 10.1 Å². The van der Waals surface area contributed by atoms with Crippen LogP contribution in [0, 0.1) is 5.82 Å². The van der Waals surface area contributed by atoms with Crippen LogP contribution in [0.3, 0.4) is 0 Å². The van der Waals surface area contributed by atoms with Gasteiger partial charge < -0.3 is 4.74 Å². The van der Waals surface area contributed by atoms with Gasteiger partial charge in [-0.15, -0.1) is 10.2 Å². The fourth-order valence-electron chi connectivity index (χ4n) is 2.05. The molecule has 1 heterocycles. The van der Waals surface area contributed by atoms with Crippen LogP contribution in [0.5, 0.6) is 5.75 Å². The summed E-state index contributed by atoms with van der Waals surface area (Å²) in [5.41, 5.74) is 0.935. The first kappa shape index (κ1) is 23.7. The molecule has 0 aliphatic carbocycles. The fraction of sp³-hybridized carbons (Fsp3) is 0.118. The number of anilines is 1. The molecule has 0 spiro atoms. The molecule has 0 bridgehead atoms. The predicted octanol–water partition coefficient (Wildman–Crippen LogP) is 7.25. The molecular weight excluding hydrogens is 539 g/mol. The van der Waals surface area contributed by atoms with Gasteiger partial charge in [-0.3, -0.25) is 10.1 Å². The molecule has 158 valence electrons. The summed E-state index contributed by atoms with van der Waals surface area (Å²) in [7, 11) is 0. The second-order valence-electron chi connectivity index (χ2n) is 5.52. The van der Waals surface area contributed by atoms with Crippen LogP contribution in [-0.4, -0.2) is 22.7 Å². The molecule has 0 fully saturated rings. The number of hydrogen-bond donors (Lipinski definition) is 1. The van der Waals surface area contributed by atoms with Crippen molar-refractivity contribution in [3.63, 3.8) is 0 Å². The van der Waals surface area contributed by atoms with Gasteiger partial charge in [-0.25, -0.2) is 4.39 Å². The van der Waals surface area contributed by atoms with Crippen LogP contribution >= 0.6 is 81.1 Å². The number of thioether (sulfide) groups is 1. The van der Waals surface area contributed by atoms with Crippen molar-refractivity contribution < 1.29 is 13.9 Å². The van der Waals surface area contributed by atoms with E-state index in [9.17, 15) is 9.18 Å². The van der Waals surface area contributed by atoms with Crippen LogP contribution in [0.2, 0.25) is 25.1 Å². The summed E-state index contributed by atoms with van der Waals surface area (Å²) >= 11 is 32.5. The zero-order chi connectivity index (χ0) is 21.8. The van der Waals surface area contributed by atoms with E-state index < -0.39 is 12.5 Å². The first-order valence-electron chi connectivity index (χ1n) is 7.91. The molecule has 30 heavy (non-hydrogen) atoms. The Bertz CT molecular complexity index is 1050. The first-order chi connectivity index (χ1) is 14.3. The normalized spacial score (nSPS) is 10.9. The van der Waals surface area contributed by atoms with E-state index in [1.807, 2.05) is 0 Å². The van der Waals surface area contributed by atoms with Gasteiger partial charge in [0.1, 0.15) is 15.9 Å². The van der Waals surface area contributed by atoms with E-state index in [-0.39, 0.29) is 41.8 Å². The number of hydrogen-bond acceptors (Lipinski definition) is 6. The molecule has 5 nitrogen and oxygen atoms in total. The van der Waals surface area contributed by atoms with Gasteiger partial charge in [-0.05, 0) is 17.7 Å². The minimum atomic E-state index is -0.518. The third kappa shape index (κ3) is 5.82. The Balaban J connectivity index is 1.55. The number of benzene rings is 2. The molecule has 0 radical (unpaired) electrons. The van der Waals surface area contributed by atoms with Gasteiger partial charge in [0.05, 0.1) is 15.1 Å². The number of rotatable bonds is 7. The molecule has 3 rings (SSSR count). The standard InChI is InChI=1S/C17H9Cl5FN3O2S2/c18-10-11(19)13(21)15(14(22)12(10)20)28-5-9(27)24-16-25-26-17(30-16)29-6-7-1-3-8(23)4-2-7/h1-4H,5-6H2,(H,24,25,27). The highest BCUT2D eigenvalue weighted by atomic mass is 35.5. The summed E-state index contributed by atoms with van der Waals surface area (Å²) < 4.78 is 18.9. The monoisotopic (exact) mass is 545 g/mol. The van der Waals surface area contributed by atoms with Gasteiger partial charge in [-0.1, -0.05) is 93.2 Å². The van der Waals surface area contributed by atoms with Crippen LogP contribution in [0.1, 0.15) is 5.56 Å². The lowest BCUT2D eigenvalue weighted by Gasteiger charge is -2.13. The van der Waals surface area contributed by atoms with Crippen molar-refractivity contribution in [2.75, 3.05) is 11.9 Å². The molecule has 0 unspecified atom stereocenters. The Hall–Kier alpha value is -1.00. The number of halogens is 6. The molecule has 1 aromatic heterocycles. The molecule has 1 amide bonds. The van der Waals surface area contributed by atoms with Gasteiger partial charge >= 0.3 is 0 Å². The molecule has 1 N–H and O–H groups in total. The number of carbonyl (C=O) groups is 1. The number of ether oxygens (including phenoxy) is 1. The smallest absolute Gasteiger partial charge is 0.264 e. The Morgan fingerprint density at radius 3 is 2.23 bits per heavy atom. The number of carbonyl (C=O) groups excluding carboxylic acids is 1. The van der Waals surface area contributed by atoms with Crippen LogP contribution in [0.25, 0.3) is 0 Å². The highest BCUT2D eigenvalue weighted by molar-refractivity contribution is 8.00. The minimum absolute atomic E-state index is 0.00957. The van der Waals surface area contributed by atoms with E-state index in [2.05, 4.69) is 15.5 Å². The summed E-state index contributed by atoms with van der Waals surface area (Å²) in [5.74, 6) is -0.282. The Labute approximate surface area is 203 Å². The van der Waals surface area contributed by atoms with Crippen LogP contribution in [-0.2, 0) is 10.5 Å². The molecular formula is C17H9Cl5FN3O2S2. The Morgan fingerprint density at radius 2 is 1.60 bits per heavy atom. The lowest BCUT2D eigenvalue weighted by molar-refractivity contribution is -0.118. The highest BCUT2D eigenvalue weighted by Crippen LogP contribution is 2.48. The summed E-state index contributed by atoms with van der Waals surface area (Å²) in [6.07, 6.45) is 0. The van der Waals surface area contributed by atoms with E-state index in [1.54, 1.807) is 12.1 Å². The molecule has 0 saturated carbocycles. The second-order valence-corrected chi connectivity index (χ2v) is 9.61. The first-order valence-corrected chi connectivity index (χ1v) is 11.6. The summed E-state index contributed by atoms with van der Waals surface area (Å²) in [6.45, 7) is -0.425. The van der Waals surface area contributed by atoms with Crippen molar-refractivity contribution >= 4 is 92.1 Å². The van der Waals surface area contributed by atoms with Gasteiger partial charge in [-0.2, -0.15) is 0 Å². The van der Waals surface area contributed by atoms with Crippen molar-refractivity contribution in [3.05, 3.63) is 60.8 Å². The Kier molecular flexibility index (Phi) is 8.31. The predicted molar refractivity (Wildman–Crippen MR) is 121 cm³/mol. The van der Waals surface area contributed by atoms with E-state index in [0.717, 1.165) is 5.56 Å². The minimum Gasteiger partial charge on any atom is -0.481 e. The quantitative estimate of drug-likeness (QED) is 0.146. The molecule has 0 atom stereocenters. The van der Waals surface area contributed by atoms with Crippen molar-refractivity contribution in [2.45, 2.75) is 10.1 Å². The van der Waals surface area contributed by atoms with Crippen LogP contribution in [0.15, 0.2) is 28.6 Å². The fourth-order valence-corrected chi connectivity index (χ4v) is 5.00. The van der Waals surface area contributed by atoms with Crippen molar-refractivity contribution in [3.8, 4) is 5.75 Å². The summed E-state index contributed by atoms with van der Waals surface area (Å²) in [5, 5.41) is 10.5. The molecule has 0 aliphatic rings. The van der Waals surface area contributed by atoms with Crippen molar-refractivity contribution in [2.24, 2.45) is 0 Å². The number of aromatic nitrogens is 2. The van der Waals surface area contributed by atoms with Gasteiger partial charge in [0, 0.05) is 5.75 Å². The van der Waals surface area contributed by atoms with E-state index in [4.69, 9.17) is 62.7 Å². The molecule has 3 aromatic rings. The Morgan fingerprint density at radius 1 is 1.00 bits per heavy atom. The largest absolute Gasteiger partial charge is 0.481 e. The maximum atomic E-state index is 12.9. The van der Waals surface area contributed by atoms with Gasteiger partial charge in [0.15, 0.2) is 16.7 Å². The van der Waals surface area contributed by atoms with E-state index in [0.29, 0.717) is 10.1 Å². The molecule has 0 aliphatic heterocycles. The van der Waals surface area contributed by atoms with Crippen molar-refractivity contribution in [1.82, 2.24) is 10.2 Å². The van der Waals surface area contributed by atoms with Crippen LogP contribution in [0.4, 0.5) is 9.52 Å². The number of nitrogens with one attached hydrogen (secondary N) is 1. The second kappa shape index (κ2) is 10.5. The highest BCUT2D eigenvalue weighted by Gasteiger charge is 2.21. The van der Waals surface area contributed by atoms with Crippen molar-refractivity contribution in [1.29, 1.82) is 0 Å². The third-order valence-electron chi connectivity index (χ3n) is 3.45. The maximum absolute atomic E-state index is 12.9. The average molecular weight is 548 g/mol. The number of amides is 1. The topological polar surface area (TPSA) is 64.1 Å². The zero-order valence-corrected chi connectivity index (χ0v) is 19.9. The molecule has 0 saturated heterocycles. The maximum Gasteiger partial charge on any atom is 0.264 e. The van der Waals surface area contributed by atoms with Gasteiger partial charge in [0.2, 0.25) is 5.13 Å². The SMILES string of the molecule is O=C(COc1c(Cl)c(Cl)c(Cl)c(Cl)c1Cl)Nc1nnc(SCc2ccc(F)cc2)s1. The zero-order valence-electron chi connectivity index (χ0n) is 14.5. The van der Waals surface area contributed by atoms with Gasteiger partial charge in [0.25, 0.3) is 5.91 Å². The third-order valence-corrected chi connectivity index (χ3v) is 7.73. The molecule has 2 aromatic carbocycles. The van der Waals surface area contributed by atoms with E-state index >= 15 is 0 Å². The summed E-state index contributed by atoms with van der Waals surface area (Å²) in [4.78, 5) is 12.1. The summed E-state index contributed by atoms with van der Waals surface area (Å²) in [6, 6.07) is 6.16. The average Bonchev–Trinajstić information content (AvgIpc) is 3.17. The molecule has 13 heteroatoms. The number of nitrogens with zero attached hydrogens (tertiary/aromatic N) is 2. The lowest BCUT2D eigenvalue weighted by atomic mass is 10.2. The lowest BCUT2D eigenvalue weighted by Crippen LogP contribution is -2.20.